The quantitative estimate of drug-likeness (QED) is 0.601. The van der Waals surface area contributed by atoms with Crippen LogP contribution in [-0.4, -0.2) is 23.8 Å². The predicted octanol–water partition coefficient (Wildman–Crippen LogP) is 2.71. The molecule has 0 saturated heterocycles. The van der Waals surface area contributed by atoms with Gasteiger partial charge in [0.1, 0.15) is 0 Å². The van der Waals surface area contributed by atoms with Crippen LogP contribution in [0.4, 0.5) is 0 Å². The van der Waals surface area contributed by atoms with E-state index in [2.05, 4.69) is 26.1 Å². The van der Waals surface area contributed by atoms with Crippen LogP contribution in [0.5, 0.6) is 0 Å². The fourth-order valence-corrected chi connectivity index (χ4v) is 1.75. The van der Waals surface area contributed by atoms with Crippen LogP contribution in [0.25, 0.3) is 0 Å². The molecule has 0 aliphatic heterocycles. The molecule has 0 fully saturated rings. The molecule has 2 heteroatoms. The highest BCUT2D eigenvalue weighted by molar-refractivity contribution is 4.72. The summed E-state index contributed by atoms with van der Waals surface area (Å²) in [7, 11) is 0. The second-order valence-electron chi connectivity index (χ2n) is 4.03. The van der Waals surface area contributed by atoms with Crippen molar-refractivity contribution >= 4 is 0 Å². The maximum atomic E-state index is 8.89. The fourth-order valence-electron chi connectivity index (χ4n) is 1.75. The van der Waals surface area contributed by atoms with Crippen molar-refractivity contribution in [2.45, 2.75) is 71.4 Å². The monoisotopic (exact) mass is 201 g/mol. The van der Waals surface area contributed by atoms with Gasteiger partial charge in [-0.1, -0.05) is 33.6 Å². The second-order valence-corrected chi connectivity index (χ2v) is 4.03. The lowest BCUT2D eigenvalue weighted by atomic mass is 10.0. The zero-order valence-electron chi connectivity index (χ0n) is 10.1. The summed E-state index contributed by atoms with van der Waals surface area (Å²) in [4.78, 5) is 0. The minimum Gasteiger partial charge on any atom is -0.396 e. The second kappa shape index (κ2) is 9.47. The molecule has 0 amide bonds. The number of hydrogen-bond acceptors (Lipinski definition) is 2. The first-order chi connectivity index (χ1) is 6.78. The minimum atomic E-state index is 0.301. The van der Waals surface area contributed by atoms with E-state index < -0.39 is 0 Å². The van der Waals surface area contributed by atoms with Crippen molar-refractivity contribution in [1.29, 1.82) is 0 Å². The normalized spacial score (nSPS) is 15.4. The SMILES string of the molecule is CCCCC(CC)NC(CC)CCO. The summed E-state index contributed by atoms with van der Waals surface area (Å²) in [5.74, 6) is 0. The van der Waals surface area contributed by atoms with Gasteiger partial charge < -0.3 is 10.4 Å². The first kappa shape index (κ1) is 13.9. The number of rotatable bonds is 9. The molecule has 0 aromatic carbocycles. The number of aliphatic hydroxyl groups is 1. The Balaban J connectivity index is 3.75. The van der Waals surface area contributed by atoms with Gasteiger partial charge in [-0.15, -0.1) is 0 Å². The van der Waals surface area contributed by atoms with Gasteiger partial charge >= 0.3 is 0 Å². The summed E-state index contributed by atoms with van der Waals surface area (Å²) >= 11 is 0. The third kappa shape index (κ3) is 6.39. The zero-order chi connectivity index (χ0) is 10.8. The summed E-state index contributed by atoms with van der Waals surface area (Å²) in [5, 5.41) is 12.5. The van der Waals surface area contributed by atoms with E-state index in [-0.39, 0.29) is 0 Å². The molecule has 14 heavy (non-hydrogen) atoms. The molecular formula is C12H27NO. The molecule has 0 aromatic heterocycles. The molecule has 0 spiro atoms. The van der Waals surface area contributed by atoms with E-state index in [4.69, 9.17) is 5.11 Å². The Kier molecular flexibility index (Phi) is 9.42. The van der Waals surface area contributed by atoms with Crippen LogP contribution in [-0.2, 0) is 0 Å². The topological polar surface area (TPSA) is 32.3 Å². The Morgan fingerprint density at radius 1 is 1.00 bits per heavy atom. The molecule has 0 heterocycles. The van der Waals surface area contributed by atoms with Crippen LogP contribution < -0.4 is 5.32 Å². The molecular weight excluding hydrogens is 174 g/mol. The third-order valence-corrected chi connectivity index (χ3v) is 2.84. The number of hydrogen-bond donors (Lipinski definition) is 2. The van der Waals surface area contributed by atoms with E-state index in [1.165, 1.54) is 25.7 Å². The van der Waals surface area contributed by atoms with Crippen molar-refractivity contribution in [3.8, 4) is 0 Å². The lowest BCUT2D eigenvalue weighted by Crippen LogP contribution is -2.38. The summed E-state index contributed by atoms with van der Waals surface area (Å²) in [6, 6.07) is 1.15. The van der Waals surface area contributed by atoms with Crippen LogP contribution in [0.15, 0.2) is 0 Å². The third-order valence-electron chi connectivity index (χ3n) is 2.84. The molecule has 2 atom stereocenters. The summed E-state index contributed by atoms with van der Waals surface area (Å²) in [5.41, 5.74) is 0. The van der Waals surface area contributed by atoms with E-state index in [0.29, 0.717) is 18.7 Å². The Morgan fingerprint density at radius 2 is 1.57 bits per heavy atom. The largest absolute Gasteiger partial charge is 0.396 e. The van der Waals surface area contributed by atoms with Crippen LogP contribution in [0.2, 0.25) is 0 Å². The minimum absolute atomic E-state index is 0.301. The maximum Gasteiger partial charge on any atom is 0.0445 e. The van der Waals surface area contributed by atoms with Gasteiger partial charge in [0.25, 0.3) is 0 Å². The summed E-state index contributed by atoms with van der Waals surface area (Å²) in [6.45, 7) is 6.95. The van der Waals surface area contributed by atoms with E-state index in [9.17, 15) is 0 Å². The predicted molar refractivity (Wildman–Crippen MR) is 62.5 cm³/mol. The van der Waals surface area contributed by atoms with Crippen molar-refractivity contribution in [3.05, 3.63) is 0 Å². The first-order valence-corrected chi connectivity index (χ1v) is 6.15. The highest BCUT2D eigenvalue weighted by atomic mass is 16.3. The molecule has 0 rings (SSSR count). The van der Waals surface area contributed by atoms with Gasteiger partial charge in [-0.25, -0.2) is 0 Å². The lowest BCUT2D eigenvalue weighted by Gasteiger charge is -2.23. The van der Waals surface area contributed by atoms with Crippen LogP contribution in [0, 0.1) is 0 Å². The van der Waals surface area contributed by atoms with Crippen molar-refractivity contribution in [2.24, 2.45) is 0 Å². The molecule has 0 aliphatic rings. The molecule has 2 unspecified atom stereocenters. The maximum absolute atomic E-state index is 8.89. The standard InChI is InChI=1S/C12H27NO/c1-4-7-8-11(5-2)13-12(6-3)9-10-14/h11-14H,4-10H2,1-3H3. The molecule has 0 radical (unpaired) electrons. The molecule has 0 bridgehead atoms. The smallest absolute Gasteiger partial charge is 0.0445 e. The Hall–Kier alpha value is -0.0800. The van der Waals surface area contributed by atoms with Crippen LogP contribution in [0.1, 0.15) is 59.3 Å². The van der Waals surface area contributed by atoms with Crippen LogP contribution in [0.3, 0.4) is 0 Å². The van der Waals surface area contributed by atoms with Gasteiger partial charge in [-0.3, -0.25) is 0 Å². The highest BCUT2D eigenvalue weighted by Crippen LogP contribution is 2.07. The highest BCUT2D eigenvalue weighted by Gasteiger charge is 2.11. The van der Waals surface area contributed by atoms with Crippen LogP contribution >= 0.6 is 0 Å². The Morgan fingerprint density at radius 3 is 2.00 bits per heavy atom. The Labute approximate surface area is 89.1 Å². The van der Waals surface area contributed by atoms with Gasteiger partial charge in [0.2, 0.25) is 0 Å². The van der Waals surface area contributed by atoms with Gasteiger partial charge in [-0.05, 0) is 25.7 Å². The van der Waals surface area contributed by atoms with E-state index in [1.807, 2.05) is 0 Å². The average molecular weight is 201 g/mol. The van der Waals surface area contributed by atoms with Gasteiger partial charge in [0.05, 0.1) is 0 Å². The molecule has 0 aliphatic carbocycles. The molecule has 86 valence electrons. The van der Waals surface area contributed by atoms with E-state index >= 15 is 0 Å². The van der Waals surface area contributed by atoms with Crippen molar-refractivity contribution < 1.29 is 5.11 Å². The fraction of sp³-hybridized carbons (Fsp3) is 1.00. The molecule has 0 saturated carbocycles. The van der Waals surface area contributed by atoms with E-state index in [1.54, 1.807) is 0 Å². The summed E-state index contributed by atoms with van der Waals surface area (Å²) in [6.07, 6.45) is 7.05. The van der Waals surface area contributed by atoms with Gasteiger partial charge in [0.15, 0.2) is 0 Å². The summed E-state index contributed by atoms with van der Waals surface area (Å²) < 4.78 is 0. The van der Waals surface area contributed by atoms with Crippen molar-refractivity contribution in [1.82, 2.24) is 5.32 Å². The molecule has 2 N–H and O–H groups in total. The Bertz CT molecular complexity index is 117. The van der Waals surface area contributed by atoms with Crippen molar-refractivity contribution in [3.63, 3.8) is 0 Å². The van der Waals surface area contributed by atoms with Gasteiger partial charge in [-0.2, -0.15) is 0 Å². The van der Waals surface area contributed by atoms with Gasteiger partial charge in [0, 0.05) is 18.7 Å². The van der Waals surface area contributed by atoms with E-state index in [0.717, 1.165) is 12.8 Å². The zero-order valence-corrected chi connectivity index (χ0v) is 10.1. The number of aliphatic hydroxyl groups excluding tert-OH is 1. The number of nitrogens with one attached hydrogen (secondary N) is 1. The molecule has 2 nitrogen and oxygen atoms in total. The molecule has 0 aromatic rings. The number of unbranched alkanes of at least 4 members (excludes halogenated alkanes) is 1. The van der Waals surface area contributed by atoms with Crippen molar-refractivity contribution in [2.75, 3.05) is 6.61 Å². The lowest BCUT2D eigenvalue weighted by molar-refractivity contribution is 0.251. The first-order valence-electron chi connectivity index (χ1n) is 6.15. The average Bonchev–Trinajstić information content (AvgIpc) is 2.22.